The molecule has 186 valence electrons. The van der Waals surface area contributed by atoms with Gasteiger partial charge in [-0.05, 0) is 54.8 Å². The van der Waals surface area contributed by atoms with E-state index in [1.165, 1.54) is 0 Å². The summed E-state index contributed by atoms with van der Waals surface area (Å²) in [4.78, 5) is 16.9. The minimum Gasteiger partial charge on any atom is -0.410 e. The van der Waals surface area contributed by atoms with E-state index in [0.717, 1.165) is 62.4 Å². The van der Waals surface area contributed by atoms with Gasteiger partial charge < -0.3 is 15.0 Å². The van der Waals surface area contributed by atoms with E-state index in [4.69, 9.17) is 27.9 Å². The van der Waals surface area contributed by atoms with Crippen molar-refractivity contribution >= 4 is 47.4 Å². The number of ether oxygens (including phenoxy) is 1. The fourth-order valence-electron chi connectivity index (χ4n) is 4.11. The number of hydrogen-bond donors (Lipinski definition) is 1. The highest BCUT2D eigenvalue weighted by Crippen LogP contribution is 2.32. The number of nitrogens with zero attached hydrogens (tertiary/aromatic N) is 2. The quantitative estimate of drug-likeness (QED) is 0.324. The number of hydrogen-bond acceptors (Lipinski definition) is 4. The van der Waals surface area contributed by atoms with E-state index < -0.39 is 6.09 Å². The van der Waals surface area contributed by atoms with Gasteiger partial charge in [0.2, 0.25) is 0 Å². The number of rotatable bonds is 8. The van der Waals surface area contributed by atoms with Crippen molar-refractivity contribution in [1.82, 2.24) is 10.2 Å². The smallest absolute Gasteiger partial charge is 0.410 e. The van der Waals surface area contributed by atoms with E-state index in [9.17, 15) is 4.79 Å². The van der Waals surface area contributed by atoms with E-state index in [-0.39, 0.29) is 12.4 Å². The fourth-order valence-corrected chi connectivity index (χ4v) is 4.53. The molecule has 3 aromatic rings. The molecule has 3 aromatic carbocycles. The molecule has 0 spiro atoms. The van der Waals surface area contributed by atoms with Gasteiger partial charge >= 0.3 is 6.09 Å². The van der Waals surface area contributed by atoms with Crippen molar-refractivity contribution in [3.63, 3.8) is 0 Å². The topological polar surface area (TPSA) is 44.8 Å². The maximum absolute atomic E-state index is 12.2. The standard InChI is InChI=1S/C27H29Cl2N3O2.ClH/c28-24-12-7-13-25(26(24)29)32-18-16-31(17-19-32)15-5-4-14-30-27(33)34-23-11-6-10-22(20-23)21-8-2-1-3-9-21;/h1-3,6-13,20H,4-5,14-19H2,(H,30,33);1H. The summed E-state index contributed by atoms with van der Waals surface area (Å²) in [7, 11) is 0. The molecular weight excluding hydrogens is 505 g/mol. The number of piperazine rings is 1. The lowest BCUT2D eigenvalue weighted by atomic mass is 10.1. The lowest BCUT2D eigenvalue weighted by molar-refractivity contribution is 0.199. The average molecular weight is 535 g/mol. The first kappa shape index (κ1) is 27.2. The van der Waals surface area contributed by atoms with Gasteiger partial charge in [0.05, 0.1) is 15.7 Å². The Labute approximate surface area is 223 Å². The van der Waals surface area contributed by atoms with Gasteiger partial charge in [0, 0.05) is 32.7 Å². The Morgan fingerprint density at radius 3 is 2.34 bits per heavy atom. The monoisotopic (exact) mass is 533 g/mol. The molecule has 1 aliphatic heterocycles. The molecule has 8 heteroatoms. The summed E-state index contributed by atoms with van der Waals surface area (Å²) in [6.07, 6.45) is 1.50. The van der Waals surface area contributed by atoms with Crippen LogP contribution in [0, 0.1) is 0 Å². The van der Waals surface area contributed by atoms with Gasteiger partial charge in [0.1, 0.15) is 5.75 Å². The largest absolute Gasteiger partial charge is 0.412 e. The van der Waals surface area contributed by atoms with Gasteiger partial charge in [0.15, 0.2) is 0 Å². The van der Waals surface area contributed by atoms with Crippen LogP contribution >= 0.6 is 35.6 Å². The predicted octanol–water partition coefficient (Wildman–Crippen LogP) is 6.77. The maximum Gasteiger partial charge on any atom is 0.412 e. The van der Waals surface area contributed by atoms with Crippen molar-refractivity contribution in [3.8, 4) is 16.9 Å². The first-order valence-corrected chi connectivity index (χ1v) is 12.4. The van der Waals surface area contributed by atoms with Crippen LogP contribution in [0.2, 0.25) is 10.0 Å². The zero-order valence-electron chi connectivity index (χ0n) is 19.5. The number of nitrogens with one attached hydrogen (secondary N) is 1. The van der Waals surface area contributed by atoms with Crippen LogP contribution in [0.3, 0.4) is 0 Å². The van der Waals surface area contributed by atoms with Crippen molar-refractivity contribution in [2.24, 2.45) is 0 Å². The van der Waals surface area contributed by atoms with Gasteiger partial charge in [-0.3, -0.25) is 4.90 Å². The zero-order valence-corrected chi connectivity index (χ0v) is 21.8. The number of benzene rings is 3. The van der Waals surface area contributed by atoms with Gasteiger partial charge in [-0.2, -0.15) is 0 Å². The zero-order chi connectivity index (χ0) is 23.8. The van der Waals surface area contributed by atoms with E-state index >= 15 is 0 Å². The first-order valence-electron chi connectivity index (χ1n) is 11.6. The Morgan fingerprint density at radius 1 is 0.857 bits per heavy atom. The molecule has 1 N–H and O–H groups in total. The Kier molecular flexibility index (Phi) is 10.5. The number of carbonyl (C=O) groups is 1. The molecule has 0 bridgehead atoms. The van der Waals surface area contributed by atoms with Crippen molar-refractivity contribution in [1.29, 1.82) is 0 Å². The molecule has 0 saturated carbocycles. The van der Waals surface area contributed by atoms with Crippen LogP contribution < -0.4 is 15.0 Å². The van der Waals surface area contributed by atoms with Crippen molar-refractivity contribution in [3.05, 3.63) is 82.8 Å². The van der Waals surface area contributed by atoms with E-state index in [1.54, 1.807) is 6.07 Å². The summed E-state index contributed by atoms with van der Waals surface area (Å²) < 4.78 is 5.46. The fraction of sp³-hybridized carbons (Fsp3) is 0.296. The molecule has 35 heavy (non-hydrogen) atoms. The predicted molar refractivity (Wildman–Crippen MR) is 148 cm³/mol. The van der Waals surface area contributed by atoms with Crippen molar-refractivity contribution in [2.45, 2.75) is 12.8 Å². The number of amides is 1. The van der Waals surface area contributed by atoms with Crippen LogP contribution in [0.5, 0.6) is 5.75 Å². The molecule has 1 amide bonds. The average Bonchev–Trinajstić information content (AvgIpc) is 2.87. The molecule has 1 aliphatic rings. The highest BCUT2D eigenvalue weighted by Gasteiger charge is 2.19. The number of carbonyl (C=O) groups excluding carboxylic acids is 1. The summed E-state index contributed by atoms with van der Waals surface area (Å²) in [5, 5.41) is 4.07. The van der Waals surface area contributed by atoms with E-state index in [2.05, 4.69) is 15.1 Å². The summed E-state index contributed by atoms with van der Waals surface area (Å²) in [5.41, 5.74) is 3.11. The Morgan fingerprint density at radius 2 is 1.57 bits per heavy atom. The lowest BCUT2D eigenvalue weighted by Crippen LogP contribution is -2.46. The molecular formula is C27H30Cl3N3O2. The molecule has 0 unspecified atom stereocenters. The molecule has 1 fully saturated rings. The van der Waals surface area contributed by atoms with Crippen LogP contribution in [-0.4, -0.2) is 50.3 Å². The number of anilines is 1. The summed E-state index contributed by atoms with van der Waals surface area (Å²) >= 11 is 12.5. The van der Waals surface area contributed by atoms with Gasteiger partial charge in [-0.25, -0.2) is 4.79 Å². The molecule has 0 aromatic heterocycles. The summed E-state index contributed by atoms with van der Waals surface area (Å²) in [6, 6.07) is 23.4. The van der Waals surface area contributed by atoms with Crippen LogP contribution in [0.4, 0.5) is 10.5 Å². The molecule has 0 radical (unpaired) electrons. The Bertz CT molecular complexity index is 1090. The highest BCUT2D eigenvalue weighted by molar-refractivity contribution is 6.43. The number of unbranched alkanes of at least 4 members (excludes halogenated alkanes) is 1. The van der Waals surface area contributed by atoms with E-state index in [1.807, 2.05) is 66.7 Å². The Balaban J connectivity index is 0.00000342. The highest BCUT2D eigenvalue weighted by atomic mass is 35.5. The van der Waals surface area contributed by atoms with Gasteiger partial charge in [-0.1, -0.05) is 71.7 Å². The van der Waals surface area contributed by atoms with Crippen molar-refractivity contribution in [2.75, 3.05) is 44.2 Å². The van der Waals surface area contributed by atoms with Gasteiger partial charge in [-0.15, -0.1) is 12.4 Å². The first-order chi connectivity index (χ1) is 16.6. The minimum absolute atomic E-state index is 0. The number of halogens is 3. The molecule has 0 aliphatic carbocycles. The third kappa shape index (κ3) is 7.77. The van der Waals surface area contributed by atoms with Crippen molar-refractivity contribution < 1.29 is 9.53 Å². The molecule has 0 atom stereocenters. The second-order valence-corrected chi connectivity index (χ2v) is 9.10. The van der Waals surface area contributed by atoms with Crippen LogP contribution in [0.1, 0.15) is 12.8 Å². The SMILES string of the molecule is Cl.O=C(NCCCCN1CCN(c2cccc(Cl)c2Cl)CC1)Oc1cccc(-c2ccccc2)c1. The second-order valence-electron chi connectivity index (χ2n) is 8.32. The van der Waals surface area contributed by atoms with Gasteiger partial charge in [0.25, 0.3) is 0 Å². The third-order valence-electron chi connectivity index (χ3n) is 5.97. The summed E-state index contributed by atoms with van der Waals surface area (Å²) in [6.45, 7) is 5.41. The minimum atomic E-state index is -0.419. The lowest BCUT2D eigenvalue weighted by Gasteiger charge is -2.36. The summed E-state index contributed by atoms with van der Waals surface area (Å²) in [5.74, 6) is 0.538. The second kappa shape index (κ2) is 13.6. The molecule has 1 saturated heterocycles. The normalized spacial score (nSPS) is 13.7. The third-order valence-corrected chi connectivity index (χ3v) is 6.78. The van der Waals surface area contributed by atoms with Crippen LogP contribution in [-0.2, 0) is 0 Å². The maximum atomic E-state index is 12.2. The molecule has 5 nitrogen and oxygen atoms in total. The van der Waals surface area contributed by atoms with E-state index in [0.29, 0.717) is 22.3 Å². The molecule has 1 heterocycles. The molecule has 4 rings (SSSR count). The van der Waals surface area contributed by atoms with Crippen LogP contribution in [0.15, 0.2) is 72.8 Å². The Hall–Kier alpha value is -2.44. The van der Waals surface area contributed by atoms with Crippen LogP contribution in [0.25, 0.3) is 11.1 Å².